The topological polar surface area (TPSA) is 83.8 Å². The summed E-state index contributed by atoms with van der Waals surface area (Å²) in [5, 5.41) is 8.15. The van der Waals surface area contributed by atoms with Crippen LogP contribution in [0.4, 0.5) is 20.3 Å². The number of benzene rings is 1. The number of hydrogen-bond acceptors (Lipinski definition) is 3. The summed E-state index contributed by atoms with van der Waals surface area (Å²) in [6.07, 6.45) is 0. The normalized spacial score (nSPS) is 10.5. The summed E-state index contributed by atoms with van der Waals surface area (Å²) in [5.41, 5.74) is 5.70. The van der Waals surface area contributed by atoms with Crippen molar-refractivity contribution in [3.8, 4) is 0 Å². The number of carbonyl (C=O) groups is 1. The fourth-order valence-corrected chi connectivity index (χ4v) is 1.81. The number of nitrogens with two attached hydrogens (primary N) is 1. The first-order valence-corrected chi connectivity index (χ1v) is 5.54. The van der Waals surface area contributed by atoms with Crippen LogP contribution in [0.3, 0.4) is 0 Å². The Bertz CT molecular complexity index is 614. The molecule has 1 aromatic carbocycles. The lowest BCUT2D eigenvalue weighted by atomic mass is 10.2. The third kappa shape index (κ3) is 2.50. The van der Waals surface area contributed by atoms with Crippen LogP contribution in [0.15, 0.2) is 12.1 Å². The second-order valence-electron chi connectivity index (χ2n) is 3.81. The summed E-state index contributed by atoms with van der Waals surface area (Å²) in [6, 6.07) is 1.51. The minimum absolute atomic E-state index is 0.0198. The standard InChI is InChI=1S/C11H9ClF2N4O/c1-4-8(10(15)18-17-4)11(19)16-9-6(12)2-5(13)3-7(9)14/h2-3H,1H3,(H,16,19)(H3,15,17,18). The summed E-state index contributed by atoms with van der Waals surface area (Å²) >= 11 is 5.67. The van der Waals surface area contributed by atoms with Gasteiger partial charge in [-0.15, -0.1) is 0 Å². The molecule has 2 aromatic rings. The van der Waals surface area contributed by atoms with Gasteiger partial charge in [0, 0.05) is 11.8 Å². The van der Waals surface area contributed by atoms with Crippen LogP contribution < -0.4 is 11.1 Å². The number of aromatic amines is 1. The molecule has 0 unspecified atom stereocenters. The first-order valence-electron chi connectivity index (χ1n) is 5.16. The zero-order chi connectivity index (χ0) is 14.2. The highest BCUT2D eigenvalue weighted by Crippen LogP contribution is 2.27. The van der Waals surface area contributed by atoms with Gasteiger partial charge in [0.15, 0.2) is 11.6 Å². The van der Waals surface area contributed by atoms with Crippen molar-refractivity contribution in [2.75, 3.05) is 11.1 Å². The van der Waals surface area contributed by atoms with E-state index < -0.39 is 17.5 Å². The van der Waals surface area contributed by atoms with E-state index in [2.05, 4.69) is 15.5 Å². The van der Waals surface area contributed by atoms with E-state index in [1.165, 1.54) is 0 Å². The predicted molar refractivity (Wildman–Crippen MR) is 67.1 cm³/mol. The van der Waals surface area contributed by atoms with Crippen molar-refractivity contribution in [1.82, 2.24) is 10.2 Å². The Labute approximate surface area is 111 Å². The molecule has 4 N–H and O–H groups in total. The van der Waals surface area contributed by atoms with Gasteiger partial charge >= 0.3 is 0 Å². The van der Waals surface area contributed by atoms with Gasteiger partial charge in [-0.3, -0.25) is 9.89 Å². The monoisotopic (exact) mass is 286 g/mol. The number of rotatable bonds is 2. The van der Waals surface area contributed by atoms with Gasteiger partial charge in [0.1, 0.15) is 11.4 Å². The summed E-state index contributed by atoms with van der Waals surface area (Å²) in [7, 11) is 0. The number of nitrogen functional groups attached to an aromatic ring is 1. The Morgan fingerprint density at radius 2 is 2.16 bits per heavy atom. The molecular weight excluding hydrogens is 278 g/mol. The number of carbonyl (C=O) groups excluding carboxylic acids is 1. The molecule has 0 saturated carbocycles. The fourth-order valence-electron chi connectivity index (χ4n) is 1.57. The van der Waals surface area contributed by atoms with Crippen LogP contribution >= 0.6 is 11.6 Å². The number of amides is 1. The maximum Gasteiger partial charge on any atom is 0.261 e. The molecule has 0 atom stereocenters. The Morgan fingerprint density at radius 3 is 2.68 bits per heavy atom. The molecule has 0 aliphatic rings. The van der Waals surface area contributed by atoms with Gasteiger partial charge in [-0.05, 0) is 13.0 Å². The molecular formula is C11H9ClF2N4O. The van der Waals surface area contributed by atoms with Crippen molar-refractivity contribution in [3.63, 3.8) is 0 Å². The summed E-state index contributed by atoms with van der Waals surface area (Å²) < 4.78 is 26.4. The molecule has 100 valence electrons. The zero-order valence-electron chi connectivity index (χ0n) is 9.72. The van der Waals surface area contributed by atoms with Gasteiger partial charge in [-0.2, -0.15) is 5.10 Å². The van der Waals surface area contributed by atoms with Crippen LogP contribution in [-0.2, 0) is 0 Å². The summed E-state index contributed by atoms with van der Waals surface area (Å²) in [4.78, 5) is 11.9. The Balaban J connectivity index is 2.35. The van der Waals surface area contributed by atoms with Crippen molar-refractivity contribution in [1.29, 1.82) is 0 Å². The Hall–Kier alpha value is -2.15. The maximum absolute atomic E-state index is 13.5. The smallest absolute Gasteiger partial charge is 0.261 e. The molecule has 1 amide bonds. The van der Waals surface area contributed by atoms with Gasteiger partial charge in [0.25, 0.3) is 5.91 Å². The first-order chi connectivity index (χ1) is 8.90. The zero-order valence-corrected chi connectivity index (χ0v) is 10.5. The van der Waals surface area contributed by atoms with Gasteiger partial charge in [-0.1, -0.05) is 11.6 Å². The number of anilines is 2. The minimum atomic E-state index is -0.974. The third-order valence-corrected chi connectivity index (χ3v) is 2.75. The minimum Gasteiger partial charge on any atom is -0.382 e. The van der Waals surface area contributed by atoms with Crippen LogP contribution in [-0.4, -0.2) is 16.1 Å². The SMILES string of the molecule is Cc1[nH]nc(N)c1C(=O)Nc1c(F)cc(F)cc1Cl. The van der Waals surface area contributed by atoms with Gasteiger partial charge in [0.05, 0.1) is 10.7 Å². The molecule has 8 heteroatoms. The third-order valence-electron chi connectivity index (χ3n) is 2.45. The van der Waals surface area contributed by atoms with E-state index in [1.807, 2.05) is 0 Å². The van der Waals surface area contributed by atoms with E-state index in [4.69, 9.17) is 17.3 Å². The first kappa shape index (κ1) is 13.3. The van der Waals surface area contributed by atoms with Crippen molar-refractivity contribution >= 4 is 29.0 Å². The quantitative estimate of drug-likeness (QED) is 0.793. The van der Waals surface area contributed by atoms with Crippen molar-refractivity contribution in [3.05, 3.63) is 40.0 Å². The molecule has 5 nitrogen and oxygen atoms in total. The number of aromatic nitrogens is 2. The van der Waals surface area contributed by atoms with Gasteiger partial charge in [-0.25, -0.2) is 8.78 Å². The molecule has 0 bridgehead atoms. The second-order valence-corrected chi connectivity index (χ2v) is 4.21. The summed E-state index contributed by atoms with van der Waals surface area (Å²) in [5.74, 6) is -2.51. The number of H-pyrrole nitrogens is 1. The van der Waals surface area contributed by atoms with Gasteiger partial charge in [0.2, 0.25) is 0 Å². The molecule has 0 aliphatic carbocycles. The number of nitrogens with zero attached hydrogens (tertiary/aromatic N) is 1. The van der Waals surface area contributed by atoms with E-state index >= 15 is 0 Å². The molecule has 0 radical (unpaired) electrons. The van der Waals surface area contributed by atoms with Crippen molar-refractivity contribution in [2.24, 2.45) is 0 Å². The lowest BCUT2D eigenvalue weighted by Crippen LogP contribution is -2.15. The summed E-state index contributed by atoms with van der Waals surface area (Å²) in [6.45, 7) is 1.58. The second kappa shape index (κ2) is 4.85. The number of halogens is 3. The highest BCUT2D eigenvalue weighted by Gasteiger charge is 2.19. The van der Waals surface area contributed by atoms with Crippen molar-refractivity contribution < 1.29 is 13.6 Å². The molecule has 0 spiro atoms. The lowest BCUT2D eigenvalue weighted by molar-refractivity contribution is 0.102. The molecule has 2 rings (SSSR count). The molecule has 0 saturated heterocycles. The number of nitrogens with one attached hydrogen (secondary N) is 2. The lowest BCUT2D eigenvalue weighted by Gasteiger charge is -2.08. The Kier molecular flexibility index (Phi) is 3.39. The van der Waals surface area contributed by atoms with Crippen LogP contribution in [0.5, 0.6) is 0 Å². The predicted octanol–water partition coefficient (Wildman–Crippen LogP) is 2.48. The maximum atomic E-state index is 13.5. The molecule has 1 heterocycles. The average molecular weight is 287 g/mol. The van der Waals surface area contributed by atoms with E-state index in [0.29, 0.717) is 11.8 Å². The van der Waals surface area contributed by atoms with Gasteiger partial charge < -0.3 is 11.1 Å². The molecule has 19 heavy (non-hydrogen) atoms. The van der Waals surface area contributed by atoms with Crippen LogP contribution in [0.1, 0.15) is 16.1 Å². The largest absolute Gasteiger partial charge is 0.382 e. The average Bonchev–Trinajstić information content (AvgIpc) is 2.63. The molecule has 0 fully saturated rings. The highest BCUT2D eigenvalue weighted by atomic mass is 35.5. The number of hydrogen-bond donors (Lipinski definition) is 3. The van der Waals surface area contributed by atoms with Crippen LogP contribution in [0, 0.1) is 18.6 Å². The number of aryl methyl sites for hydroxylation is 1. The van der Waals surface area contributed by atoms with E-state index in [-0.39, 0.29) is 22.1 Å². The van der Waals surface area contributed by atoms with E-state index in [0.717, 1.165) is 6.07 Å². The fraction of sp³-hybridized carbons (Fsp3) is 0.0909. The van der Waals surface area contributed by atoms with Crippen LogP contribution in [0.2, 0.25) is 5.02 Å². The van der Waals surface area contributed by atoms with Crippen molar-refractivity contribution in [2.45, 2.75) is 6.92 Å². The van der Waals surface area contributed by atoms with Crippen LogP contribution in [0.25, 0.3) is 0 Å². The highest BCUT2D eigenvalue weighted by molar-refractivity contribution is 6.34. The van der Waals surface area contributed by atoms with E-state index in [1.54, 1.807) is 6.92 Å². The Morgan fingerprint density at radius 1 is 1.47 bits per heavy atom. The molecule has 1 aromatic heterocycles. The molecule has 0 aliphatic heterocycles. The van der Waals surface area contributed by atoms with E-state index in [9.17, 15) is 13.6 Å².